The molecule has 7 heteroatoms. The number of nitriles is 1. The van der Waals surface area contributed by atoms with Gasteiger partial charge in [0.05, 0.1) is 17.6 Å². The van der Waals surface area contributed by atoms with Crippen LogP contribution in [0.2, 0.25) is 5.02 Å². The van der Waals surface area contributed by atoms with E-state index in [0.717, 1.165) is 34.8 Å². The molecule has 0 aliphatic rings. The van der Waals surface area contributed by atoms with Crippen LogP contribution < -0.4 is 4.18 Å². The van der Waals surface area contributed by atoms with Gasteiger partial charge in [-0.15, -0.1) is 0 Å². The zero-order valence-electron chi connectivity index (χ0n) is 15.7. The van der Waals surface area contributed by atoms with Gasteiger partial charge in [-0.05, 0) is 53.8 Å². The molecule has 0 saturated carbocycles. The minimum atomic E-state index is -1.01. The SMILES string of the molecule is N#Cc1ccc(OSC(CCc2ccc(-c3ccc(Cl)cc3)cc2)C(=O)O)cc1F. The summed E-state index contributed by atoms with van der Waals surface area (Å²) in [7, 11) is 0. The number of halogens is 2. The zero-order valence-corrected chi connectivity index (χ0v) is 17.3. The number of nitrogens with zero attached hydrogens (tertiary/aromatic N) is 1. The largest absolute Gasteiger partial charge is 0.480 e. The lowest BCUT2D eigenvalue weighted by Gasteiger charge is -2.12. The van der Waals surface area contributed by atoms with Gasteiger partial charge in [0.25, 0.3) is 0 Å². The van der Waals surface area contributed by atoms with Crippen molar-refractivity contribution in [2.45, 2.75) is 18.1 Å². The van der Waals surface area contributed by atoms with E-state index in [9.17, 15) is 14.3 Å². The quantitative estimate of drug-likeness (QED) is 0.426. The van der Waals surface area contributed by atoms with Crippen LogP contribution in [0.1, 0.15) is 17.5 Å². The number of benzene rings is 3. The third kappa shape index (κ3) is 5.76. The zero-order chi connectivity index (χ0) is 21.5. The second-order valence-corrected chi connectivity index (χ2v) is 7.87. The van der Waals surface area contributed by atoms with Crippen molar-refractivity contribution >= 4 is 29.6 Å². The summed E-state index contributed by atoms with van der Waals surface area (Å²) in [5.74, 6) is -1.55. The molecule has 0 amide bonds. The topological polar surface area (TPSA) is 70.3 Å². The summed E-state index contributed by atoms with van der Waals surface area (Å²) < 4.78 is 19.0. The Morgan fingerprint density at radius 3 is 2.30 bits per heavy atom. The molecule has 0 fully saturated rings. The highest BCUT2D eigenvalue weighted by Gasteiger charge is 2.20. The maximum Gasteiger partial charge on any atom is 0.320 e. The third-order valence-electron chi connectivity index (χ3n) is 4.42. The van der Waals surface area contributed by atoms with Gasteiger partial charge >= 0.3 is 5.97 Å². The van der Waals surface area contributed by atoms with Crippen molar-refractivity contribution in [2.75, 3.05) is 0 Å². The lowest BCUT2D eigenvalue weighted by Crippen LogP contribution is -2.18. The molecule has 1 atom stereocenters. The fourth-order valence-corrected chi connectivity index (χ4v) is 3.52. The molecule has 0 spiro atoms. The molecule has 152 valence electrons. The van der Waals surface area contributed by atoms with E-state index in [1.807, 2.05) is 48.5 Å². The van der Waals surface area contributed by atoms with Crippen molar-refractivity contribution in [3.8, 4) is 22.9 Å². The van der Waals surface area contributed by atoms with E-state index < -0.39 is 17.0 Å². The van der Waals surface area contributed by atoms with E-state index in [-0.39, 0.29) is 11.3 Å². The number of carbonyl (C=O) groups is 1. The van der Waals surface area contributed by atoms with Crippen molar-refractivity contribution in [1.29, 1.82) is 5.26 Å². The Balaban J connectivity index is 1.58. The highest BCUT2D eigenvalue weighted by molar-refractivity contribution is 7.96. The van der Waals surface area contributed by atoms with Crippen molar-refractivity contribution in [3.05, 3.63) is 88.7 Å². The predicted octanol–water partition coefficient (Wildman–Crippen LogP) is 6.13. The molecule has 1 unspecified atom stereocenters. The summed E-state index contributed by atoms with van der Waals surface area (Å²) in [4.78, 5) is 11.5. The molecule has 0 bridgehead atoms. The highest BCUT2D eigenvalue weighted by Crippen LogP contribution is 2.26. The minimum absolute atomic E-state index is 0.0934. The Bertz CT molecular complexity index is 1070. The normalized spacial score (nSPS) is 11.5. The lowest BCUT2D eigenvalue weighted by molar-refractivity contribution is -0.136. The van der Waals surface area contributed by atoms with Crippen LogP contribution in [0.15, 0.2) is 66.7 Å². The number of aryl methyl sites for hydroxylation is 1. The minimum Gasteiger partial charge on any atom is -0.480 e. The monoisotopic (exact) mass is 441 g/mol. The molecule has 1 N–H and O–H groups in total. The Morgan fingerprint density at radius 1 is 1.10 bits per heavy atom. The highest BCUT2D eigenvalue weighted by atomic mass is 35.5. The first-order chi connectivity index (χ1) is 14.5. The smallest absolute Gasteiger partial charge is 0.320 e. The van der Waals surface area contributed by atoms with Crippen molar-refractivity contribution < 1.29 is 18.5 Å². The van der Waals surface area contributed by atoms with E-state index in [1.165, 1.54) is 12.1 Å². The summed E-state index contributed by atoms with van der Waals surface area (Å²) in [5.41, 5.74) is 3.01. The van der Waals surface area contributed by atoms with Crippen LogP contribution in [0.4, 0.5) is 4.39 Å². The second-order valence-electron chi connectivity index (χ2n) is 6.50. The van der Waals surface area contributed by atoms with E-state index in [0.29, 0.717) is 17.9 Å². The lowest BCUT2D eigenvalue weighted by atomic mass is 10.0. The molecule has 0 aliphatic carbocycles. The molecule has 0 aromatic heterocycles. The summed E-state index contributed by atoms with van der Waals surface area (Å²) in [6.45, 7) is 0. The maximum absolute atomic E-state index is 13.6. The molecule has 3 rings (SSSR count). The average molecular weight is 442 g/mol. The number of aliphatic carboxylic acids is 1. The summed E-state index contributed by atoms with van der Waals surface area (Å²) in [5, 5.41) is 18.1. The molecule has 4 nitrogen and oxygen atoms in total. The van der Waals surface area contributed by atoms with Gasteiger partial charge in [-0.25, -0.2) is 4.39 Å². The summed E-state index contributed by atoms with van der Waals surface area (Å²) in [6, 6.07) is 21.0. The number of rotatable bonds is 8. The third-order valence-corrected chi connectivity index (χ3v) is 5.63. The van der Waals surface area contributed by atoms with Crippen LogP contribution in [0.3, 0.4) is 0 Å². The Kier molecular flexibility index (Phi) is 7.34. The van der Waals surface area contributed by atoms with Crippen LogP contribution in [-0.2, 0) is 11.2 Å². The molecule has 0 saturated heterocycles. The van der Waals surface area contributed by atoms with Crippen LogP contribution in [-0.4, -0.2) is 16.3 Å². The Morgan fingerprint density at radius 2 is 1.73 bits per heavy atom. The van der Waals surface area contributed by atoms with Crippen LogP contribution in [0, 0.1) is 17.1 Å². The molecule has 0 aliphatic heterocycles. The standard InChI is InChI=1S/C23H17ClFNO3S/c24-19-9-6-17(7-10-19)16-4-1-15(2-5-16)3-12-22(23(27)28)30-29-20-11-8-18(14-26)21(25)13-20/h1-2,4-11,13,22H,3,12H2,(H,27,28). The van der Waals surface area contributed by atoms with Crippen LogP contribution >= 0.6 is 23.6 Å². The van der Waals surface area contributed by atoms with E-state index in [1.54, 1.807) is 6.07 Å². The van der Waals surface area contributed by atoms with Gasteiger partial charge in [-0.1, -0.05) is 48.0 Å². The van der Waals surface area contributed by atoms with Crippen LogP contribution in [0.5, 0.6) is 5.75 Å². The van der Waals surface area contributed by atoms with E-state index in [2.05, 4.69) is 0 Å². The number of hydrogen-bond acceptors (Lipinski definition) is 4. The summed E-state index contributed by atoms with van der Waals surface area (Å²) >= 11 is 6.68. The van der Waals surface area contributed by atoms with Gasteiger partial charge in [0.15, 0.2) is 0 Å². The number of carboxylic acid groups (broad SMARTS) is 1. The number of carboxylic acids is 1. The van der Waals surface area contributed by atoms with Gasteiger partial charge in [-0.2, -0.15) is 5.26 Å². The van der Waals surface area contributed by atoms with Gasteiger partial charge in [0, 0.05) is 11.1 Å². The van der Waals surface area contributed by atoms with E-state index >= 15 is 0 Å². The molecule has 3 aromatic rings. The van der Waals surface area contributed by atoms with Crippen LogP contribution in [0.25, 0.3) is 11.1 Å². The molecule has 3 aromatic carbocycles. The van der Waals surface area contributed by atoms with Crippen molar-refractivity contribution in [1.82, 2.24) is 0 Å². The molecule has 0 radical (unpaired) electrons. The number of hydrogen-bond donors (Lipinski definition) is 1. The molecular weight excluding hydrogens is 425 g/mol. The Hall–Kier alpha value is -3.01. The van der Waals surface area contributed by atoms with Gasteiger partial charge < -0.3 is 9.29 Å². The Labute approximate surface area is 183 Å². The molecular formula is C23H17ClFNO3S. The fourth-order valence-electron chi connectivity index (χ4n) is 2.77. The second kappa shape index (κ2) is 10.1. The van der Waals surface area contributed by atoms with Gasteiger partial charge in [0.2, 0.25) is 0 Å². The fraction of sp³-hybridized carbons (Fsp3) is 0.130. The average Bonchev–Trinajstić information content (AvgIpc) is 2.74. The van der Waals surface area contributed by atoms with Gasteiger partial charge in [0.1, 0.15) is 22.9 Å². The predicted molar refractivity (Wildman–Crippen MR) is 116 cm³/mol. The summed E-state index contributed by atoms with van der Waals surface area (Å²) in [6.07, 6.45) is 0.898. The van der Waals surface area contributed by atoms with Crippen molar-refractivity contribution in [3.63, 3.8) is 0 Å². The van der Waals surface area contributed by atoms with Gasteiger partial charge in [-0.3, -0.25) is 4.79 Å². The first-order valence-corrected chi connectivity index (χ1v) is 10.2. The maximum atomic E-state index is 13.6. The van der Waals surface area contributed by atoms with Crippen molar-refractivity contribution in [2.24, 2.45) is 0 Å². The van der Waals surface area contributed by atoms with E-state index in [4.69, 9.17) is 21.0 Å². The molecule has 30 heavy (non-hydrogen) atoms. The molecule has 0 heterocycles. The first kappa shape index (κ1) is 21.7. The first-order valence-electron chi connectivity index (χ1n) is 9.07.